The van der Waals surface area contributed by atoms with Crippen molar-refractivity contribution in [1.82, 2.24) is 0 Å². The second kappa shape index (κ2) is 5.50. The van der Waals surface area contributed by atoms with E-state index in [1.54, 1.807) is 18.2 Å². The van der Waals surface area contributed by atoms with Gasteiger partial charge in [-0.3, -0.25) is 0 Å². The number of halogens is 3. The minimum Gasteiger partial charge on any atom is -0.389 e. The summed E-state index contributed by atoms with van der Waals surface area (Å²) in [5, 5.41) is 3.38. The molecule has 2 aromatic rings. The highest BCUT2D eigenvalue weighted by molar-refractivity contribution is 7.80. The van der Waals surface area contributed by atoms with E-state index in [0.717, 1.165) is 12.1 Å². The van der Waals surface area contributed by atoms with Crippen LogP contribution in [0.25, 0.3) is 0 Å². The maximum absolute atomic E-state index is 13.1. The average Bonchev–Trinajstić information content (AvgIpc) is 2.33. The topological polar surface area (TPSA) is 38.0 Å². The maximum atomic E-state index is 13.1. The van der Waals surface area contributed by atoms with E-state index in [4.69, 9.17) is 29.6 Å². The predicted octanol–water partition coefficient (Wildman–Crippen LogP) is 4.00. The van der Waals surface area contributed by atoms with Gasteiger partial charge in [0, 0.05) is 22.3 Å². The van der Waals surface area contributed by atoms with E-state index in [1.807, 2.05) is 0 Å². The number of nitrogens with two attached hydrogens (primary N) is 1. The Labute approximate surface area is 119 Å². The zero-order valence-corrected chi connectivity index (χ0v) is 11.2. The molecule has 2 aromatic carbocycles. The van der Waals surface area contributed by atoms with Gasteiger partial charge in [-0.25, -0.2) is 8.78 Å². The van der Waals surface area contributed by atoms with Crippen molar-refractivity contribution in [2.45, 2.75) is 0 Å². The zero-order valence-electron chi connectivity index (χ0n) is 9.58. The number of hydrogen-bond acceptors (Lipinski definition) is 2. The van der Waals surface area contributed by atoms with Crippen molar-refractivity contribution in [2.75, 3.05) is 5.32 Å². The van der Waals surface area contributed by atoms with Crippen LogP contribution in [0.3, 0.4) is 0 Å². The lowest BCUT2D eigenvalue weighted by molar-refractivity contribution is 0.509. The largest absolute Gasteiger partial charge is 0.389 e. The van der Waals surface area contributed by atoms with Crippen LogP contribution in [0.2, 0.25) is 5.02 Å². The molecule has 0 aliphatic heterocycles. The van der Waals surface area contributed by atoms with Crippen molar-refractivity contribution in [2.24, 2.45) is 5.73 Å². The first kappa shape index (κ1) is 13.7. The highest BCUT2D eigenvalue weighted by atomic mass is 35.5. The van der Waals surface area contributed by atoms with Gasteiger partial charge in [0.2, 0.25) is 0 Å². The zero-order chi connectivity index (χ0) is 14.0. The van der Waals surface area contributed by atoms with E-state index in [2.05, 4.69) is 5.32 Å². The van der Waals surface area contributed by atoms with Gasteiger partial charge in [0.05, 0.1) is 5.69 Å². The third-order valence-electron chi connectivity index (χ3n) is 2.45. The van der Waals surface area contributed by atoms with E-state index in [-0.39, 0.29) is 4.99 Å². The molecular weight excluding hydrogens is 290 g/mol. The van der Waals surface area contributed by atoms with Crippen molar-refractivity contribution in [3.05, 3.63) is 58.6 Å². The first-order valence-corrected chi connectivity index (χ1v) is 6.07. The molecule has 0 spiro atoms. The predicted molar refractivity (Wildman–Crippen MR) is 77.0 cm³/mol. The summed E-state index contributed by atoms with van der Waals surface area (Å²) < 4.78 is 26.0. The Morgan fingerprint density at radius 1 is 1.11 bits per heavy atom. The number of thiocarbonyl (C=S) groups is 1. The highest BCUT2D eigenvalue weighted by Crippen LogP contribution is 2.25. The Morgan fingerprint density at radius 2 is 1.84 bits per heavy atom. The van der Waals surface area contributed by atoms with Crippen LogP contribution in [-0.4, -0.2) is 4.99 Å². The third-order valence-corrected chi connectivity index (χ3v) is 2.90. The highest BCUT2D eigenvalue weighted by Gasteiger charge is 2.08. The smallest absolute Gasteiger partial charge is 0.160 e. The molecule has 0 unspecified atom stereocenters. The molecule has 0 aliphatic rings. The Hall–Kier alpha value is -1.72. The van der Waals surface area contributed by atoms with Crippen LogP contribution < -0.4 is 11.1 Å². The summed E-state index contributed by atoms with van der Waals surface area (Å²) in [7, 11) is 0. The lowest BCUT2D eigenvalue weighted by Crippen LogP contribution is -2.11. The number of benzene rings is 2. The van der Waals surface area contributed by atoms with Gasteiger partial charge in [0.25, 0.3) is 0 Å². The van der Waals surface area contributed by atoms with Crippen LogP contribution >= 0.6 is 23.8 Å². The normalized spacial score (nSPS) is 10.3. The molecule has 0 heterocycles. The quantitative estimate of drug-likeness (QED) is 0.841. The molecule has 0 fully saturated rings. The molecular formula is C13H9ClF2N2S. The second-order valence-corrected chi connectivity index (χ2v) is 4.68. The van der Waals surface area contributed by atoms with Gasteiger partial charge in [-0.05, 0) is 30.3 Å². The van der Waals surface area contributed by atoms with Gasteiger partial charge in [0.1, 0.15) is 4.99 Å². The lowest BCUT2D eigenvalue weighted by Gasteiger charge is -2.12. The maximum Gasteiger partial charge on any atom is 0.160 e. The Balaban J connectivity index is 2.39. The van der Waals surface area contributed by atoms with Crippen molar-refractivity contribution in [1.29, 1.82) is 0 Å². The van der Waals surface area contributed by atoms with Crippen molar-refractivity contribution in [3.63, 3.8) is 0 Å². The Kier molecular flexibility index (Phi) is 3.97. The summed E-state index contributed by atoms with van der Waals surface area (Å²) in [6, 6.07) is 8.39. The van der Waals surface area contributed by atoms with Crippen LogP contribution in [0.15, 0.2) is 36.4 Å². The van der Waals surface area contributed by atoms with Gasteiger partial charge in [-0.1, -0.05) is 23.8 Å². The number of hydrogen-bond donors (Lipinski definition) is 2. The SMILES string of the molecule is NC(=S)c1ccc(Cl)cc1Nc1ccc(F)c(F)c1. The number of anilines is 2. The van der Waals surface area contributed by atoms with Gasteiger partial charge in [-0.15, -0.1) is 0 Å². The summed E-state index contributed by atoms with van der Waals surface area (Å²) in [6.07, 6.45) is 0. The Morgan fingerprint density at radius 3 is 2.47 bits per heavy atom. The lowest BCUT2D eigenvalue weighted by atomic mass is 10.1. The van der Waals surface area contributed by atoms with Crippen LogP contribution in [0, 0.1) is 11.6 Å². The van der Waals surface area contributed by atoms with Gasteiger partial charge >= 0.3 is 0 Å². The molecule has 3 N–H and O–H groups in total. The van der Waals surface area contributed by atoms with Crippen LogP contribution in [0.1, 0.15) is 5.56 Å². The number of nitrogens with one attached hydrogen (secondary N) is 1. The molecule has 0 bridgehead atoms. The number of rotatable bonds is 3. The molecule has 2 nitrogen and oxygen atoms in total. The molecule has 19 heavy (non-hydrogen) atoms. The van der Waals surface area contributed by atoms with Crippen LogP contribution in [0.5, 0.6) is 0 Å². The van der Waals surface area contributed by atoms with Gasteiger partial charge in [-0.2, -0.15) is 0 Å². The molecule has 98 valence electrons. The first-order chi connectivity index (χ1) is 8.97. The summed E-state index contributed by atoms with van der Waals surface area (Å²) in [5.74, 6) is -1.85. The molecule has 0 atom stereocenters. The molecule has 0 aromatic heterocycles. The monoisotopic (exact) mass is 298 g/mol. The fraction of sp³-hybridized carbons (Fsp3) is 0. The molecule has 0 amide bonds. The summed E-state index contributed by atoms with van der Waals surface area (Å²) in [4.78, 5) is 0.182. The van der Waals surface area contributed by atoms with E-state index >= 15 is 0 Å². The fourth-order valence-electron chi connectivity index (χ4n) is 1.56. The average molecular weight is 299 g/mol. The summed E-state index contributed by atoms with van der Waals surface area (Å²) >= 11 is 10.8. The molecule has 0 aliphatic carbocycles. The van der Waals surface area contributed by atoms with Crippen LogP contribution in [0.4, 0.5) is 20.2 Å². The Bertz CT molecular complexity index is 647. The van der Waals surface area contributed by atoms with E-state index in [1.165, 1.54) is 6.07 Å². The minimum atomic E-state index is -0.941. The van der Waals surface area contributed by atoms with Gasteiger partial charge < -0.3 is 11.1 Å². The molecule has 2 rings (SSSR count). The van der Waals surface area contributed by atoms with E-state index < -0.39 is 11.6 Å². The van der Waals surface area contributed by atoms with Crippen LogP contribution in [-0.2, 0) is 0 Å². The van der Waals surface area contributed by atoms with Crippen molar-refractivity contribution < 1.29 is 8.78 Å². The summed E-state index contributed by atoms with van der Waals surface area (Å²) in [6.45, 7) is 0. The summed E-state index contributed by atoms with van der Waals surface area (Å²) in [5.41, 5.74) is 7.07. The standard InChI is InChI=1S/C13H9ClF2N2S/c14-7-1-3-9(13(17)19)12(5-7)18-8-2-4-10(15)11(16)6-8/h1-6,18H,(H2,17,19). The fourth-order valence-corrected chi connectivity index (χ4v) is 1.91. The van der Waals surface area contributed by atoms with Crippen molar-refractivity contribution >= 4 is 40.2 Å². The van der Waals surface area contributed by atoms with Gasteiger partial charge in [0.15, 0.2) is 11.6 Å². The second-order valence-electron chi connectivity index (χ2n) is 3.81. The van der Waals surface area contributed by atoms with E-state index in [9.17, 15) is 8.78 Å². The molecule has 0 saturated heterocycles. The minimum absolute atomic E-state index is 0.182. The molecule has 0 radical (unpaired) electrons. The molecule has 6 heteroatoms. The molecule has 0 saturated carbocycles. The first-order valence-electron chi connectivity index (χ1n) is 5.29. The van der Waals surface area contributed by atoms with Crippen molar-refractivity contribution in [3.8, 4) is 0 Å². The van der Waals surface area contributed by atoms with E-state index in [0.29, 0.717) is 22.0 Å². The third kappa shape index (κ3) is 3.19.